The van der Waals surface area contributed by atoms with E-state index in [0.29, 0.717) is 36.9 Å². The molecule has 3 heterocycles. The second-order valence-electron chi connectivity index (χ2n) is 12.6. The van der Waals surface area contributed by atoms with Crippen LogP contribution in [0, 0.1) is 0 Å². The number of imidazole rings is 1. The minimum absolute atomic E-state index is 0.108. The van der Waals surface area contributed by atoms with E-state index < -0.39 is 35.7 Å². The van der Waals surface area contributed by atoms with Crippen molar-refractivity contribution in [1.29, 1.82) is 0 Å². The van der Waals surface area contributed by atoms with Crippen LogP contribution >= 0.6 is 0 Å². The number of amides is 3. The van der Waals surface area contributed by atoms with Crippen molar-refractivity contribution in [2.24, 2.45) is 7.05 Å². The first-order valence-corrected chi connectivity index (χ1v) is 15.3. The van der Waals surface area contributed by atoms with Crippen LogP contribution in [0.2, 0.25) is 0 Å². The van der Waals surface area contributed by atoms with Crippen molar-refractivity contribution in [3.05, 3.63) is 70.1 Å². The molecule has 0 bridgehead atoms. The molecule has 0 aliphatic carbocycles. The van der Waals surface area contributed by atoms with E-state index in [2.05, 4.69) is 5.32 Å². The Hall–Kier alpha value is -4.45. The number of hydrogen-bond donors (Lipinski definition) is 1. The number of aryl methyl sites for hydroxylation is 2. The van der Waals surface area contributed by atoms with E-state index in [1.807, 2.05) is 48.5 Å². The van der Waals surface area contributed by atoms with Crippen molar-refractivity contribution >= 4 is 34.9 Å². The number of benzene rings is 2. The summed E-state index contributed by atoms with van der Waals surface area (Å²) in [7, 11) is 1.66. The van der Waals surface area contributed by atoms with Gasteiger partial charge in [-0.2, -0.15) is 0 Å². The van der Waals surface area contributed by atoms with Crippen molar-refractivity contribution in [3.63, 3.8) is 0 Å². The predicted octanol–water partition coefficient (Wildman–Crippen LogP) is 3.39. The molecule has 0 saturated carbocycles. The van der Waals surface area contributed by atoms with Gasteiger partial charge in [0, 0.05) is 26.5 Å². The highest BCUT2D eigenvalue weighted by molar-refractivity contribution is 6.00. The maximum Gasteiger partial charge on any atom is 0.411 e. The van der Waals surface area contributed by atoms with Crippen molar-refractivity contribution in [2.45, 2.75) is 83.3 Å². The van der Waals surface area contributed by atoms with E-state index in [0.717, 1.165) is 11.1 Å². The van der Waals surface area contributed by atoms with Gasteiger partial charge in [0.1, 0.15) is 24.3 Å². The number of nitrogens with zero attached hydrogens (tertiary/aromatic N) is 3. The largest absolute Gasteiger partial charge is 0.459 e. The van der Waals surface area contributed by atoms with Gasteiger partial charge in [0.15, 0.2) is 0 Å². The second-order valence-corrected chi connectivity index (χ2v) is 12.6. The molecule has 5 rings (SSSR count). The minimum Gasteiger partial charge on any atom is -0.459 e. The maximum atomic E-state index is 13.1. The number of carbonyl (C=O) groups is 4. The van der Waals surface area contributed by atoms with Crippen LogP contribution in [0.15, 0.2) is 53.3 Å². The molecule has 0 spiro atoms. The first-order valence-electron chi connectivity index (χ1n) is 15.3. The Bertz CT molecular complexity index is 1640. The molecule has 3 amide bonds. The lowest BCUT2D eigenvalue weighted by Gasteiger charge is -2.27. The Morgan fingerprint density at radius 1 is 1.00 bits per heavy atom. The first-order chi connectivity index (χ1) is 21.4. The van der Waals surface area contributed by atoms with Gasteiger partial charge in [-0.15, -0.1) is 0 Å². The van der Waals surface area contributed by atoms with E-state index >= 15 is 0 Å². The summed E-state index contributed by atoms with van der Waals surface area (Å²) in [5.74, 6) is -1.30. The third kappa shape index (κ3) is 7.44. The molecule has 0 radical (unpaired) electrons. The van der Waals surface area contributed by atoms with Crippen LogP contribution < -0.4 is 11.0 Å². The monoisotopic (exact) mass is 620 g/mol. The smallest absolute Gasteiger partial charge is 0.411 e. The summed E-state index contributed by atoms with van der Waals surface area (Å²) in [6.07, 6.45) is 1.15. The van der Waals surface area contributed by atoms with Crippen LogP contribution in [-0.4, -0.2) is 68.8 Å². The number of hydrogen-bond acceptors (Lipinski definition) is 8. The number of piperidine rings is 1. The quantitative estimate of drug-likeness (QED) is 0.218. The van der Waals surface area contributed by atoms with Crippen LogP contribution in [0.4, 0.5) is 4.79 Å². The highest BCUT2D eigenvalue weighted by Gasteiger charge is 2.43. The average Bonchev–Trinajstić information content (AvgIpc) is 3.53. The van der Waals surface area contributed by atoms with Gasteiger partial charge in [-0.3, -0.25) is 28.9 Å². The summed E-state index contributed by atoms with van der Waals surface area (Å²) in [4.78, 5) is 64.5. The van der Waals surface area contributed by atoms with E-state index in [9.17, 15) is 24.0 Å². The minimum atomic E-state index is -0.814. The van der Waals surface area contributed by atoms with Gasteiger partial charge in [0.05, 0.1) is 23.7 Å². The SMILES string of the molecule is Cn1c(=O)n(C2CCC(=O)NC2=O)c2ccc(CCCO[C@@H]3C[C@@H](C(=O)OCc4ccccc4)N(C(=O)OC(C)(C)C)C3)cc21. The lowest BCUT2D eigenvalue weighted by Crippen LogP contribution is -2.44. The number of rotatable bonds is 9. The predicted molar refractivity (Wildman–Crippen MR) is 164 cm³/mol. The topological polar surface area (TPSA) is 138 Å². The molecule has 1 N–H and O–H groups in total. The first kappa shape index (κ1) is 32.0. The highest BCUT2D eigenvalue weighted by Crippen LogP contribution is 2.26. The van der Waals surface area contributed by atoms with Gasteiger partial charge < -0.3 is 14.2 Å². The molecule has 1 aromatic heterocycles. The molecule has 45 heavy (non-hydrogen) atoms. The van der Waals surface area contributed by atoms with Crippen LogP contribution in [0.1, 0.15) is 63.6 Å². The van der Waals surface area contributed by atoms with E-state index in [1.54, 1.807) is 27.8 Å². The van der Waals surface area contributed by atoms with E-state index in [-0.39, 0.29) is 43.7 Å². The van der Waals surface area contributed by atoms with Gasteiger partial charge in [-0.1, -0.05) is 36.4 Å². The molecule has 12 nitrogen and oxygen atoms in total. The third-order valence-electron chi connectivity index (χ3n) is 8.03. The number of ether oxygens (including phenoxy) is 3. The summed E-state index contributed by atoms with van der Waals surface area (Å²) >= 11 is 0. The summed E-state index contributed by atoms with van der Waals surface area (Å²) < 4.78 is 20.2. The van der Waals surface area contributed by atoms with Gasteiger partial charge in [-0.25, -0.2) is 14.4 Å². The highest BCUT2D eigenvalue weighted by atomic mass is 16.6. The van der Waals surface area contributed by atoms with Crippen molar-refractivity contribution in [3.8, 4) is 0 Å². The Morgan fingerprint density at radius 2 is 1.76 bits per heavy atom. The summed E-state index contributed by atoms with van der Waals surface area (Å²) in [5.41, 5.74) is 2.14. The normalized spacial score (nSPS) is 20.4. The fourth-order valence-corrected chi connectivity index (χ4v) is 5.81. The van der Waals surface area contributed by atoms with E-state index in [4.69, 9.17) is 14.2 Å². The van der Waals surface area contributed by atoms with Crippen LogP contribution in [0.5, 0.6) is 0 Å². The average molecular weight is 621 g/mol. The Morgan fingerprint density at radius 3 is 2.47 bits per heavy atom. The number of fused-ring (bicyclic) bond motifs is 1. The van der Waals surface area contributed by atoms with Gasteiger partial charge in [0.25, 0.3) is 0 Å². The van der Waals surface area contributed by atoms with Crippen LogP contribution in [0.25, 0.3) is 11.0 Å². The van der Waals surface area contributed by atoms with Crippen molar-refractivity contribution < 1.29 is 33.4 Å². The molecular formula is C33H40N4O8. The zero-order valence-corrected chi connectivity index (χ0v) is 26.1. The van der Waals surface area contributed by atoms with Crippen molar-refractivity contribution in [1.82, 2.24) is 19.4 Å². The zero-order chi connectivity index (χ0) is 32.3. The Labute approximate surface area is 261 Å². The molecule has 3 aromatic rings. The molecule has 1 unspecified atom stereocenters. The summed E-state index contributed by atoms with van der Waals surface area (Å²) in [6, 6.07) is 13.5. The molecule has 3 atom stereocenters. The number of esters is 1. The molecule has 2 aliphatic rings. The number of aromatic nitrogens is 2. The van der Waals surface area contributed by atoms with Crippen LogP contribution in [0.3, 0.4) is 0 Å². The van der Waals surface area contributed by atoms with Crippen LogP contribution in [-0.2, 0) is 48.7 Å². The molecule has 2 saturated heterocycles. The number of carbonyl (C=O) groups excluding carboxylic acids is 4. The number of likely N-dealkylation sites (tertiary alicyclic amines) is 1. The van der Waals surface area contributed by atoms with E-state index in [1.165, 1.54) is 14.0 Å². The molecular weight excluding hydrogens is 580 g/mol. The lowest BCUT2D eigenvalue weighted by molar-refractivity contribution is -0.150. The second kappa shape index (κ2) is 13.3. The molecule has 2 aliphatic heterocycles. The fourth-order valence-electron chi connectivity index (χ4n) is 5.81. The molecule has 12 heteroatoms. The standard InChI is InChI=1S/C33H40N4O8/c1-33(2,3)45-32(42)36-19-23(18-27(36)30(40)44-20-22-9-6-5-7-10-22)43-16-8-11-21-12-13-24-26(17-21)35(4)31(41)37(24)25-14-15-28(38)34-29(25)39/h5-7,9-10,12-13,17,23,25,27H,8,11,14-16,18-20H2,1-4H3,(H,34,38,39)/t23-,25?,27+/m1/s1. The Balaban J connectivity index is 1.19. The number of nitrogens with one attached hydrogen (secondary N) is 1. The van der Waals surface area contributed by atoms with Gasteiger partial charge in [0.2, 0.25) is 11.8 Å². The number of imide groups is 1. The van der Waals surface area contributed by atoms with Gasteiger partial charge in [-0.05, 0) is 63.3 Å². The maximum absolute atomic E-state index is 13.1. The fraction of sp³-hybridized carbons (Fsp3) is 0.485. The zero-order valence-electron chi connectivity index (χ0n) is 26.1. The molecule has 2 fully saturated rings. The van der Waals surface area contributed by atoms with Gasteiger partial charge >= 0.3 is 17.8 Å². The summed E-state index contributed by atoms with van der Waals surface area (Å²) in [5, 5.41) is 2.32. The van der Waals surface area contributed by atoms with Crippen molar-refractivity contribution in [2.75, 3.05) is 13.2 Å². The Kier molecular flexibility index (Phi) is 9.42. The molecule has 240 valence electrons. The third-order valence-corrected chi connectivity index (χ3v) is 8.03. The summed E-state index contributed by atoms with van der Waals surface area (Å²) in [6.45, 7) is 6.04. The molecule has 2 aromatic carbocycles. The lowest BCUT2D eigenvalue weighted by atomic mass is 10.1.